The van der Waals surface area contributed by atoms with Gasteiger partial charge in [0.25, 0.3) is 0 Å². The number of nitrogens with zero attached hydrogens (tertiary/aromatic N) is 2. The van der Waals surface area contributed by atoms with Crippen molar-refractivity contribution >= 4 is 6.09 Å². The van der Waals surface area contributed by atoms with Gasteiger partial charge in [0.15, 0.2) is 0 Å². The van der Waals surface area contributed by atoms with Crippen LogP contribution < -0.4 is 5.32 Å². The van der Waals surface area contributed by atoms with E-state index in [1.807, 2.05) is 31.5 Å². The van der Waals surface area contributed by atoms with Crippen LogP contribution in [0.15, 0.2) is 18.7 Å². The average Bonchev–Trinajstić information content (AvgIpc) is 2.73. The summed E-state index contributed by atoms with van der Waals surface area (Å²) in [7, 11) is 0. The number of carbonyl (C=O) groups is 1. The molecule has 5 nitrogen and oxygen atoms in total. The predicted molar refractivity (Wildman–Crippen MR) is 65.6 cm³/mol. The van der Waals surface area contributed by atoms with E-state index in [-0.39, 0.29) is 11.5 Å². The van der Waals surface area contributed by atoms with Gasteiger partial charge in [-0.15, -0.1) is 0 Å². The minimum atomic E-state index is -0.342. The van der Waals surface area contributed by atoms with Crippen molar-refractivity contribution in [1.29, 1.82) is 0 Å². The number of hydrogen-bond acceptors (Lipinski definition) is 3. The summed E-state index contributed by atoms with van der Waals surface area (Å²) < 4.78 is 7.05. The maximum Gasteiger partial charge on any atom is 0.407 e. The van der Waals surface area contributed by atoms with Crippen LogP contribution in [-0.2, 0) is 11.3 Å². The number of rotatable bonds is 5. The lowest BCUT2D eigenvalue weighted by molar-refractivity contribution is 0.106. The highest BCUT2D eigenvalue weighted by Crippen LogP contribution is 2.12. The first-order chi connectivity index (χ1) is 7.97. The minimum Gasteiger partial charge on any atom is -0.449 e. The molecular weight excluding hydrogens is 218 g/mol. The van der Waals surface area contributed by atoms with Crippen LogP contribution in [0.25, 0.3) is 0 Å². The van der Waals surface area contributed by atoms with Crippen molar-refractivity contribution in [3.05, 3.63) is 18.7 Å². The molecule has 0 aliphatic rings. The van der Waals surface area contributed by atoms with Crippen molar-refractivity contribution in [2.24, 2.45) is 5.41 Å². The van der Waals surface area contributed by atoms with Gasteiger partial charge in [-0.3, -0.25) is 0 Å². The van der Waals surface area contributed by atoms with E-state index in [9.17, 15) is 4.79 Å². The number of alkyl carbamates (subject to hydrolysis) is 1. The molecular formula is C12H21N3O2. The van der Waals surface area contributed by atoms with E-state index in [2.05, 4.69) is 10.3 Å². The van der Waals surface area contributed by atoms with Gasteiger partial charge in [0.05, 0.1) is 12.9 Å². The molecule has 0 aliphatic heterocycles. The van der Waals surface area contributed by atoms with Crippen LogP contribution in [0.4, 0.5) is 4.79 Å². The van der Waals surface area contributed by atoms with Crippen molar-refractivity contribution in [2.45, 2.75) is 33.7 Å². The molecule has 0 atom stereocenters. The molecule has 0 aromatic carbocycles. The quantitative estimate of drug-likeness (QED) is 0.800. The normalized spacial score (nSPS) is 11.2. The highest BCUT2D eigenvalue weighted by molar-refractivity contribution is 5.67. The molecule has 0 aliphatic carbocycles. The molecule has 1 aromatic heterocycles. The van der Waals surface area contributed by atoms with E-state index in [1.165, 1.54) is 0 Å². The molecule has 0 saturated heterocycles. The highest BCUT2D eigenvalue weighted by atomic mass is 16.5. The highest BCUT2D eigenvalue weighted by Gasteiger charge is 2.13. The number of ether oxygens (including phenoxy) is 1. The van der Waals surface area contributed by atoms with Crippen molar-refractivity contribution in [3.8, 4) is 0 Å². The van der Waals surface area contributed by atoms with Gasteiger partial charge in [0.2, 0.25) is 0 Å². The average molecular weight is 239 g/mol. The van der Waals surface area contributed by atoms with Gasteiger partial charge in [0.1, 0.15) is 0 Å². The molecule has 0 bridgehead atoms. The summed E-state index contributed by atoms with van der Waals surface area (Å²) in [6.07, 6.45) is 5.92. The lowest BCUT2D eigenvalue weighted by atomic mass is 9.99. The maximum atomic E-state index is 11.3. The Labute approximate surface area is 102 Å². The first-order valence-corrected chi connectivity index (χ1v) is 5.84. The number of aromatic nitrogens is 2. The van der Waals surface area contributed by atoms with Gasteiger partial charge in [-0.25, -0.2) is 9.78 Å². The second-order valence-corrected chi connectivity index (χ2v) is 5.22. The Balaban J connectivity index is 2.04. The van der Waals surface area contributed by atoms with Crippen molar-refractivity contribution in [1.82, 2.24) is 14.9 Å². The molecule has 1 N–H and O–H groups in total. The third-order valence-electron chi connectivity index (χ3n) is 2.06. The maximum absolute atomic E-state index is 11.3. The van der Waals surface area contributed by atoms with E-state index in [0.29, 0.717) is 13.2 Å². The smallest absolute Gasteiger partial charge is 0.407 e. The van der Waals surface area contributed by atoms with Gasteiger partial charge < -0.3 is 14.6 Å². The monoisotopic (exact) mass is 239 g/mol. The largest absolute Gasteiger partial charge is 0.449 e. The van der Waals surface area contributed by atoms with Crippen molar-refractivity contribution < 1.29 is 9.53 Å². The first-order valence-electron chi connectivity index (χ1n) is 5.84. The van der Waals surface area contributed by atoms with E-state index in [1.54, 1.807) is 12.5 Å². The summed E-state index contributed by atoms with van der Waals surface area (Å²) in [6, 6.07) is 0. The van der Waals surface area contributed by atoms with Gasteiger partial charge in [-0.1, -0.05) is 20.8 Å². The number of carbonyl (C=O) groups excluding carboxylic acids is 1. The van der Waals surface area contributed by atoms with E-state index >= 15 is 0 Å². The molecule has 0 spiro atoms. The van der Waals surface area contributed by atoms with Crippen molar-refractivity contribution in [3.63, 3.8) is 0 Å². The molecule has 17 heavy (non-hydrogen) atoms. The molecule has 1 heterocycles. The molecule has 1 amide bonds. The Hall–Kier alpha value is -1.52. The molecule has 96 valence electrons. The fourth-order valence-electron chi connectivity index (χ4n) is 1.20. The van der Waals surface area contributed by atoms with Gasteiger partial charge in [-0.05, 0) is 11.8 Å². The summed E-state index contributed by atoms with van der Waals surface area (Å²) >= 11 is 0. The fourth-order valence-corrected chi connectivity index (χ4v) is 1.20. The molecule has 0 saturated carbocycles. The minimum absolute atomic E-state index is 0.00809. The third-order valence-corrected chi connectivity index (χ3v) is 2.06. The van der Waals surface area contributed by atoms with Crippen LogP contribution >= 0.6 is 0 Å². The second-order valence-electron chi connectivity index (χ2n) is 5.22. The summed E-state index contributed by atoms with van der Waals surface area (Å²) in [5.41, 5.74) is 0.00809. The number of aryl methyl sites for hydroxylation is 1. The Morgan fingerprint density at radius 3 is 2.82 bits per heavy atom. The summed E-state index contributed by atoms with van der Waals surface area (Å²) in [5.74, 6) is 0. The standard InChI is InChI=1S/C12H21N3O2/c1-12(2,3)9-17-11(16)14-5-4-7-15-8-6-13-10-15/h6,8,10H,4-5,7,9H2,1-3H3,(H,14,16). The van der Waals surface area contributed by atoms with Crippen LogP contribution in [0, 0.1) is 5.41 Å². The van der Waals surface area contributed by atoms with Crippen molar-refractivity contribution in [2.75, 3.05) is 13.2 Å². The SMILES string of the molecule is CC(C)(C)COC(=O)NCCCn1ccnc1. The zero-order valence-corrected chi connectivity index (χ0v) is 10.8. The summed E-state index contributed by atoms with van der Waals surface area (Å²) in [5, 5.41) is 2.72. The summed E-state index contributed by atoms with van der Waals surface area (Å²) in [6.45, 7) is 7.97. The number of amides is 1. The lowest BCUT2D eigenvalue weighted by Crippen LogP contribution is -2.29. The van der Waals surface area contributed by atoms with Crippen LogP contribution in [0.5, 0.6) is 0 Å². The molecule has 0 radical (unpaired) electrons. The third kappa shape index (κ3) is 6.60. The zero-order valence-electron chi connectivity index (χ0n) is 10.8. The predicted octanol–water partition coefficient (Wildman–Crippen LogP) is 2.05. The first kappa shape index (κ1) is 13.5. The molecule has 1 rings (SSSR count). The molecule has 0 unspecified atom stereocenters. The zero-order chi connectivity index (χ0) is 12.7. The van der Waals surface area contributed by atoms with E-state index in [0.717, 1.165) is 13.0 Å². The summed E-state index contributed by atoms with van der Waals surface area (Å²) in [4.78, 5) is 15.2. The van der Waals surface area contributed by atoms with E-state index in [4.69, 9.17) is 4.74 Å². The van der Waals surface area contributed by atoms with Gasteiger partial charge in [-0.2, -0.15) is 0 Å². The molecule has 0 fully saturated rings. The molecule has 5 heteroatoms. The van der Waals surface area contributed by atoms with E-state index < -0.39 is 0 Å². The number of nitrogens with one attached hydrogen (secondary N) is 1. The second kappa shape index (κ2) is 6.27. The van der Waals surface area contributed by atoms with Crippen LogP contribution in [-0.4, -0.2) is 28.8 Å². The number of hydrogen-bond donors (Lipinski definition) is 1. The Morgan fingerprint density at radius 1 is 1.47 bits per heavy atom. The van der Waals surface area contributed by atoms with Crippen LogP contribution in [0.1, 0.15) is 27.2 Å². The Kier molecular flexibility index (Phi) is 5.00. The fraction of sp³-hybridized carbons (Fsp3) is 0.667. The molecule has 1 aromatic rings. The van der Waals surface area contributed by atoms with Crippen LogP contribution in [0.3, 0.4) is 0 Å². The number of imidazole rings is 1. The Bertz CT molecular complexity index is 328. The van der Waals surface area contributed by atoms with Gasteiger partial charge in [0, 0.05) is 25.5 Å². The van der Waals surface area contributed by atoms with Crippen LogP contribution in [0.2, 0.25) is 0 Å². The van der Waals surface area contributed by atoms with Gasteiger partial charge >= 0.3 is 6.09 Å². The Morgan fingerprint density at radius 2 is 2.24 bits per heavy atom. The topological polar surface area (TPSA) is 56.1 Å². The lowest BCUT2D eigenvalue weighted by Gasteiger charge is -2.17.